The van der Waals surface area contributed by atoms with Crippen LogP contribution in [-0.2, 0) is 21.9 Å². The van der Waals surface area contributed by atoms with Crippen molar-refractivity contribution in [1.82, 2.24) is 10.2 Å². The van der Waals surface area contributed by atoms with Crippen molar-refractivity contribution in [1.29, 1.82) is 0 Å². The standard InChI is InChI=1S/C26H36N2O2S/c1-5-7-15-27-26(30)24(6-2)28(17-23-14-9-8-12-21(23)4)25(29)19-31-18-22-13-10-11-20(3)16-22/h8-14,16,24H,5-7,15,17-19H2,1-4H3,(H,27,30)/t24-/m1/s1. The lowest BCUT2D eigenvalue weighted by atomic mass is 10.1. The highest BCUT2D eigenvalue weighted by Gasteiger charge is 2.28. The third-order valence-electron chi connectivity index (χ3n) is 5.39. The molecule has 0 spiro atoms. The fraction of sp³-hybridized carbons (Fsp3) is 0.462. The van der Waals surface area contributed by atoms with Gasteiger partial charge in [0.15, 0.2) is 0 Å². The Morgan fingerprint density at radius 3 is 2.52 bits per heavy atom. The first-order chi connectivity index (χ1) is 15.0. The molecule has 2 aromatic rings. The largest absolute Gasteiger partial charge is 0.354 e. The van der Waals surface area contributed by atoms with Crippen LogP contribution < -0.4 is 5.32 Å². The van der Waals surface area contributed by atoms with Gasteiger partial charge in [-0.15, -0.1) is 11.8 Å². The second-order valence-corrected chi connectivity index (χ2v) is 8.98. The number of hydrogen-bond donors (Lipinski definition) is 1. The fourth-order valence-corrected chi connectivity index (χ4v) is 4.40. The van der Waals surface area contributed by atoms with Crippen molar-refractivity contribution >= 4 is 23.6 Å². The van der Waals surface area contributed by atoms with Gasteiger partial charge in [0, 0.05) is 18.8 Å². The Balaban J connectivity index is 2.11. The lowest BCUT2D eigenvalue weighted by Gasteiger charge is -2.31. The highest BCUT2D eigenvalue weighted by atomic mass is 32.2. The van der Waals surface area contributed by atoms with E-state index in [1.165, 1.54) is 11.1 Å². The molecule has 0 bridgehead atoms. The van der Waals surface area contributed by atoms with Gasteiger partial charge in [0.25, 0.3) is 0 Å². The van der Waals surface area contributed by atoms with E-state index < -0.39 is 6.04 Å². The van der Waals surface area contributed by atoms with Crippen molar-refractivity contribution in [3.05, 3.63) is 70.8 Å². The fourth-order valence-electron chi connectivity index (χ4n) is 3.54. The molecule has 0 unspecified atom stereocenters. The zero-order valence-corrected chi connectivity index (χ0v) is 20.1. The number of amides is 2. The molecule has 0 aliphatic heterocycles. The Hall–Kier alpha value is -2.27. The van der Waals surface area contributed by atoms with E-state index in [2.05, 4.69) is 37.4 Å². The van der Waals surface area contributed by atoms with Gasteiger partial charge in [0.05, 0.1) is 5.75 Å². The van der Waals surface area contributed by atoms with E-state index in [9.17, 15) is 9.59 Å². The van der Waals surface area contributed by atoms with Gasteiger partial charge in [-0.3, -0.25) is 9.59 Å². The van der Waals surface area contributed by atoms with Gasteiger partial charge < -0.3 is 10.2 Å². The zero-order chi connectivity index (χ0) is 22.6. The molecule has 1 N–H and O–H groups in total. The predicted octanol–water partition coefficient (Wildman–Crippen LogP) is 5.26. The summed E-state index contributed by atoms with van der Waals surface area (Å²) in [6, 6.07) is 16.0. The van der Waals surface area contributed by atoms with Gasteiger partial charge in [-0.1, -0.05) is 74.4 Å². The number of carbonyl (C=O) groups excluding carboxylic acids is 2. The molecule has 2 amide bonds. The van der Waals surface area contributed by atoms with Gasteiger partial charge in [-0.2, -0.15) is 0 Å². The van der Waals surface area contributed by atoms with Crippen LogP contribution in [-0.4, -0.2) is 35.1 Å². The molecule has 2 rings (SSSR count). The molecule has 168 valence electrons. The van der Waals surface area contributed by atoms with Gasteiger partial charge in [-0.25, -0.2) is 0 Å². The van der Waals surface area contributed by atoms with E-state index >= 15 is 0 Å². The van der Waals surface area contributed by atoms with Gasteiger partial charge in [0.1, 0.15) is 6.04 Å². The summed E-state index contributed by atoms with van der Waals surface area (Å²) in [5.74, 6) is 1.10. The number of benzene rings is 2. The van der Waals surface area contributed by atoms with Crippen molar-refractivity contribution in [2.24, 2.45) is 0 Å². The van der Waals surface area contributed by atoms with Crippen LogP contribution in [0.5, 0.6) is 0 Å². The molecule has 0 aromatic heterocycles. The minimum Gasteiger partial charge on any atom is -0.354 e. The summed E-state index contributed by atoms with van der Waals surface area (Å²) < 4.78 is 0. The number of nitrogens with zero attached hydrogens (tertiary/aromatic N) is 1. The summed E-state index contributed by atoms with van der Waals surface area (Å²) in [7, 11) is 0. The minimum absolute atomic E-state index is 0.0124. The van der Waals surface area contributed by atoms with Gasteiger partial charge in [0.2, 0.25) is 11.8 Å². The average Bonchev–Trinajstić information content (AvgIpc) is 2.75. The van der Waals surface area contributed by atoms with Gasteiger partial charge >= 0.3 is 0 Å². The van der Waals surface area contributed by atoms with E-state index in [0.717, 1.165) is 29.7 Å². The molecule has 0 aliphatic rings. The van der Waals surface area contributed by atoms with Crippen molar-refractivity contribution in [3.8, 4) is 0 Å². The maximum absolute atomic E-state index is 13.3. The smallest absolute Gasteiger partial charge is 0.242 e. The maximum atomic E-state index is 13.3. The molecule has 0 radical (unpaired) electrons. The molecule has 0 saturated carbocycles. The highest BCUT2D eigenvalue weighted by Crippen LogP contribution is 2.19. The Morgan fingerprint density at radius 2 is 1.84 bits per heavy atom. The summed E-state index contributed by atoms with van der Waals surface area (Å²) in [5, 5.41) is 3.02. The molecule has 2 aromatic carbocycles. The third-order valence-corrected chi connectivity index (χ3v) is 6.38. The normalized spacial score (nSPS) is 11.7. The van der Waals surface area contributed by atoms with Crippen LogP contribution in [0.1, 0.15) is 55.4 Å². The number of carbonyl (C=O) groups is 2. The number of thioether (sulfide) groups is 1. The van der Waals surface area contributed by atoms with Crippen LogP contribution in [0, 0.1) is 13.8 Å². The van der Waals surface area contributed by atoms with Crippen molar-refractivity contribution in [2.45, 2.75) is 65.3 Å². The molecule has 1 atom stereocenters. The summed E-state index contributed by atoms with van der Waals surface area (Å²) in [4.78, 5) is 27.9. The van der Waals surface area contributed by atoms with E-state index in [4.69, 9.17) is 0 Å². The maximum Gasteiger partial charge on any atom is 0.242 e. The number of rotatable bonds is 12. The van der Waals surface area contributed by atoms with Crippen molar-refractivity contribution in [3.63, 3.8) is 0 Å². The van der Waals surface area contributed by atoms with Crippen LogP contribution in [0.2, 0.25) is 0 Å². The van der Waals surface area contributed by atoms with Crippen molar-refractivity contribution < 1.29 is 9.59 Å². The average molecular weight is 441 g/mol. The summed E-state index contributed by atoms with van der Waals surface area (Å²) in [5.41, 5.74) is 4.65. The lowest BCUT2D eigenvalue weighted by molar-refractivity contribution is -0.139. The molecule has 4 nitrogen and oxygen atoms in total. The molecule has 0 aliphatic carbocycles. The first-order valence-electron chi connectivity index (χ1n) is 11.2. The Morgan fingerprint density at radius 1 is 1.06 bits per heavy atom. The second kappa shape index (κ2) is 13.2. The van der Waals surface area contributed by atoms with Crippen LogP contribution in [0.25, 0.3) is 0 Å². The lowest BCUT2D eigenvalue weighted by Crippen LogP contribution is -2.49. The molecular formula is C26H36N2O2S. The second-order valence-electron chi connectivity index (χ2n) is 8.00. The molecule has 0 heterocycles. The molecule has 31 heavy (non-hydrogen) atoms. The van der Waals surface area contributed by atoms with E-state index in [-0.39, 0.29) is 11.8 Å². The van der Waals surface area contributed by atoms with Crippen LogP contribution in [0.4, 0.5) is 0 Å². The Bertz CT molecular complexity index is 853. The highest BCUT2D eigenvalue weighted by molar-refractivity contribution is 7.99. The summed E-state index contributed by atoms with van der Waals surface area (Å²) in [6.07, 6.45) is 2.57. The summed E-state index contributed by atoms with van der Waals surface area (Å²) in [6.45, 7) is 9.31. The van der Waals surface area contributed by atoms with Crippen LogP contribution in [0.3, 0.4) is 0 Å². The van der Waals surface area contributed by atoms with Gasteiger partial charge in [-0.05, 0) is 43.4 Å². The van der Waals surface area contributed by atoms with Crippen LogP contribution >= 0.6 is 11.8 Å². The predicted molar refractivity (Wildman–Crippen MR) is 131 cm³/mol. The minimum atomic E-state index is -0.455. The Labute approximate surface area is 191 Å². The number of aryl methyl sites for hydroxylation is 2. The zero-order valence-electron chi connectivity index (χ0n) is 19.3. The number of hydrogen-bond acceptors (Lipinski definition) is 3. The first kappa shape index (κ1) is 25.0. The van der Waals surface area contributed by atoms with E-state index in [1.807, 2.05) is 44.2 Å². The van der Waals surface area contributed by atoms with E-state index in [1.54, 1.807) is 16.7 Å². The third kappa shape index (κ3) is 8.06. The van der Waals surface area contributed by atoms with Crippen molar-refractivity contribution in [2.75, 3.05) is 12.3 Å². The SMILES string of the molecule is CCCCNC(=O)[C@@H](CC)N(Cc1ccccc1C)C(=O)CSCc1cccc(C)c1. The number of nitrogens with one attached hydrogen (secondary N) is 1. The topological polar surface area (TPSA) is 49.4 Å². The molecule has 5 heteroatoms. The van der Waals surface area contributed by atoms with E-state index in [0.29, 0.717) is 25.3 Å². The monoisotopic (exact) mass is 440 g/mol. The van der Waals surface area contributed by atoms with Crippen LogP contribution in [0.15, 0.2) is 48.5 Å². The molecular weight excluding hydrogens is 404 g/mol. The number of unbranched alkanes of at least 4 members (excludes halogenated alkanes) is 1. The summed E-state index contributed by atoms with van der Waals surface area (Å²) >= 11 is 1.60. The molecule has 0 fully saturated rings. The first-order valence-corrected chi connectivity index (χ1v) is 12.4. The quantitative estimate of drug-likeness (QED) is 0.458. The molecule has 0 saturated heterocycles. The Kier molecular flexibility index (Phi) is 10.6.